The molecule has 1 aromatic carbocycles. The van der Waals surface area contributed by atoms with Crippen molar-refractivity contribution in [3.8, 4) is 5.69 Å². The predicted octanol–water partition coefficient (Wildman–Crippen LogP) is 2.59. The summed E-state index contributed by atoms with van der Waals surface area (Å²) in [5, 5.41) is 10.9. The Morgan fingerprint density at radius 2 is 2.10 bits per heavy atom. The third-order valence-corrected chi connectivity index (χ3v) is 3.13. The SMILES string of the molecule is CCOCc1cc([N+](=O)[O-])ccc1-n1cccc(C)c1=O. The molecule has 2 rings (SSSR count). The van der Waals surface area contributed by atoms with Crippen molar-refractivity contribution in [1.29, 1.82) is 0 Å². The summed E-state index contributed by atoms with van der Waals surface area (Å²) in [6.45, 7) is 4.28. The summed E-state index contributed by atoms with van der Waals surface area (Å²) in [5.74, 6) is 0. The molecule has 0 aliphatic rings. The van der Waals surface area contributed by atoms with Crippen molar-refractivity contribution in [2.45, 2.75) is 20.5 Å². The molecule has 0 unspecified atom stereocenters. The molecule has 0 saturated carbocycles. The molecular weight excluding hydrogens is 272 g/mol. The Bertz CT molecular complexity index is 722. The van der Waals surface area contributed by atoms with Crippen molar-refractivity contribution in [2.24, 2.45) is 0 Å². The molecule has 110 valence electrons. The number of nitro groups is 1. The lowest BCUT2D eigenvalue weighted by atomic mass is 10.1. The molecule has 0 amide bonds. The first-order valence-electron chi connectivity index (χ1n) is 6.58. The van der Waals surface area contributed by atoms with Crippen molar-refractivity contribution in [3.05, 3.63) is 68.1 Å². The Kier molecular flexibility index (Phi) is 4.49. The van der Waals surface area contributed by atoms with Crippen molar-refractivity contribution in [1.82, 2.24) is 4.57 Å². The molecular formula is C15H16N2O4. The zero-order chi connectivity index (χ0) is 15.4. The number of ether oxygens (including phenoxy) is 1. The Balaban J connectivity index is 2.59. The normalized spacial score (nSPS) is 10.6. The quantitative estimate of drug-likeness (QED) is 0.626. The molecule has 0 aliphatic heterocycles. The number of non-ortho nitro benzene ring substituents is 1. The van der Waals surface area contributed by atoms with Crippen LogP contribution in [0.3, 0.4) is 0 Å². The Morgan fingerprint density at radius 3 is 2.76 bits per heavy atom. The highest BCUT2D eigenvalue weighted by Crippen LogP contribution is 2.21. The third kappa shape index (κ3) is 3.17. The number of hydrogen-bond donors (Lipinski definition) is 0. The Hall–Kier alpha value is -2.47. The van der Waals surface area contributed by atoms with Crippen molar-refractivity contribution in [2.75, 3.05) is 6.61 Å². The van der Waals surface area contributed by atoms with E-state index in [-0.39, 0.29) is 17.9 Å². The molecule has 1 heterocycles. The largest absolute Gasteiger partial charge is 0.377 e. The first-order chi connectivity index (χ1) is 10.0. The second kappa shape index (κ2) is 6.32. The molecule has 0 saturated heterocycles. The van der Waals surface area contributed by atoms with Gasteiger partial charge in [-0.05, 0) is 26.0 Å². The van der Waals surface area contributed by atoms with Gasteiger partial charge in [-0.3, -0.25) is 19.5 Å². The highest BCUT2D eigenvalue weighted by molar-refractivity contribution is 5.48. The van der Waals surface area contributed by atoms with Crippen LogP contribution in [0.5, 0.6) is 0 Å². The second-order valence-corrected chi connectivity index (χ2v) is 4.57. The van der Waals surface area contributed by atoms with Crippen LogP contribution in [0.4, 0.5) is 5.69 Å². The smallest absolute Gasteiger partial charge is 0.269 e. The van der Waals surface area contributed by atoms with Gasteiger partial charge in [-0.15, -0.1) is 0 Å². The van der Waals surface area contributed by atoms with Gasteiger partial charge in [0.15, 0.2) is 0 Å². The third-order valence-electron chi connectivity index (χ3n) is 3.13. The predicted molar refractivity (Wildman–Crippen MR) is 78.8 cm³/mol. The lowest BCUT2D eigenvalue weighted by molar-refractivity contribution is -0.384. The van der Waals surface area contributed by atoms with Gasteiger partial charge >= 0.3 is 0 Å². The molecule has 6 nitrogen and oxygen atoms in total. The molecule has 0 bridgehead atoms. The van der Waals surface area contributed by atoms with E-state index in [1.165, 1.54) is 16.7 Å². The summed E-state index contributed by atoms with van der Waals surface area (Å²) in [7, 11) is 0. The fourth-order valence-corrected chi connectivity index (χ4v) is 2.04. The molecule has 0 atom stereocenters. The zero-order valence-corrected chi connectivity index (χ0v) is 11.9. The van der Waals surface area contributed by atoms with Crippen LogP contribution in [0.1, 0.15) is 18.1 Å². The van der Waals surface area contributed by atoms with Crippen LogP contribution in [-0.4, -0.2) is 16.1 Å². The van der Waals surface area contributed by atoms with E-state index in [0.717, 1.165) is 0 Å². The van der Waals surface area contributed by atoms with Gasteiger partial charge in [0.25, 0.3) is 11.2 Å². The average Bonchev–Trinajstić information content (AvgIpc) is 2.48. The van der Waals surface area contributed by atoms with Gasteiger partial charge in [-0.1, -0.05) is 6.07 Å². The van der Waals surface area contributed by atoms with Crippen LogP contribution in [0.25, 0.3) is 5.69 Å². The van der Waals surface area contributed by atoms with Crippen molar-refractivity contribution < 1.29 is 9.66 Å². The highest BCUT2D eigenvalue weighted by Gasteiger charge is 2.13. The van der Waals surface area contributed by atoms with E-state index in [1.54, 1.807) is 31.3 Å². The number of rotatable bonds is 5. The topological polar surface area (TPSA) is 74.4 Å². The molecule has 0 N–H and O–H groups in total. The van der Waals surface area contributed by atoms with Gasteiger partial charge in [-0.25, -0.2) is 0 Å². The minimum Gasteiger partial charge on any atom is -0.377 e. The standard InChI is InChI=1S/C15H16N2O4/c1-3-21-10-12-9-13(17(19)20)6-7-14(12)16-8-4-5-11(2)15(16)18/h4-9H,3,10H2,1-2H3. The molecule has 0 fully saturated rings. The van der Waals surface area contributed by atoms with Crippen molar-refractivity contribution >= 4 is 5.69 Å². The number of hydrogen-bond acceptors (Lipinski definition) is 4. The lowest BCUT2D eigenvalue weighted by Gasteiger charge is -2.12. The summed E-state index contributed by atoms with van der Waals surface area (Å²) in [4.78, 5) is 22.6. The van der Waals surface area contributed by atoms with Gasteiger partial charge in [0.2, 0.25) is 0 Å². The molecule has 0 radical (unpaired) electrons. The molecule has 6 heteroatoms. The number of aryl methyl sites for hydroxylation is 1. The van der Waals surface area contributed by atoms with Gasteiger partial charge < -0.3 is 4.74 Å². The Morgan fingerprint density at radius 1 is 1.33 bits per heavy atom. The number of pyridine rings is 1. The fourth-order valence-electron chi connectivity index (χ4n) is 2.04. The lowest BCUT2D eigenvalue weighted by Crippen LogP contribution is -2.20. The summed E-state index contributed by atoms with van der Waals surface area (Å²) in [5.41, 5.74) is 1.65. The first kappa shape index (κ1) is 14.9. The minimum atomic E-state index is -0.460. The van der Waals surface area contributed by atoms with E-state index < -0.39 is 4.92 Å². The van der Waals surface area contributed by atoms with E-state index in [2.05, 4.69) is 0 Å². The number of benzene rings is 1. The summed E-state index contributed by atoms with van der Waals surface area (Å²) < 4.78 is 6.83. The maximum absolute atomic E-state index is 12.2. The molecule has 2 aromatic rings. The van der Waals surface area contributed by atoms with Gasteiger partial charge in [0.05, 0.1) is 17.2 Å². The first-order valence-corrected chi connectivity index (χ1v) is 6.58. The van der Waals surface area contributed by atoms with E-state index in [9.17, 15) is 14.9 Å². The Labute approximate surface area is 121 Å². The van der Waals surface area contributed by atoms with Gasteiger partial charge in [0, 0.05) is 36.1 Å². The molecule has 0 spiro atoms. The number of nitro benzene ring substituents is 1. The van der Waals surface area contributed by atoms with E-state index in [1.807, 2.05) is 6.92 Å². The summed E-state index contributed by atoms with van der Waals surface area (Å²) in [6.07, 6.45) is 1.64. The van der Waals surface area contributed by atoms with Crippen molar-refractivity contribution in [3.63, 3.8) is 0 Å². The highest BCUT2D eigenvalue weighted by atomic mass is 16.6. The maximum Gasteiger partial charge on any atom is 0.269 e. The average molecular weight is 288 g/mol. The van der Waals surface area contributed by atoms with Crippen LogP contribution in [-0.2, 0) is 11.3 Å². The molecule has 0 aliphatic carbocycles. The van der Waals surface area contributed by atoms with E-state index in [4.69, 9.17) is 4.74 Å². The monoisotopic (exact) mass is 288 g/mol. The van der Waals surface area contributed by atoms with Crippen LogP contribution in [0.2, 0.25) is 0 Å². The second-order valence-electron chi connectivity index (χ2n) is 4.57. The summed E-state index contributed by atoms with van der Waals surface area (Å²) >= 11 is 0. The van der Waals surface area contributed by atoms with E-state index in [0.29, 0.717) is 23.4 Å². The number of aromatic nitrogens is 1. The number of nitrogens with zero attached hydrogens (tertiary/aromatic N) is 2. The van der Waals surface area contributed by atoms with Gasteiger partial charge in [-0.2, -0.15) is 0 Å². The molecule has 21 heavy (non-hydrogen) atoms. The van der Waals surface area contributed by atoms with Crippen LogP contribution < -0.4 is 5.56 Å². The van der Waals surface area contributed by atoms with Crippen LogP contribution >= 0.6 is 0 Å². The van der Waals surface area contributed by atoms with Gasteiger partial charge in [0.1, 0.15) is 0 Å². The molecule has 1 aromatic heterocycles. The minimum absolute atomic E-state index is 0.0193. The van der Waals surface area contributed by atoms with Crippen LogP contribution in [0, 0.1) is 17.0 Å². The summed E-state index contributed by atoms with van der Waals surface area (Å²) in [6, 6.07) is 7.90. The zero-order valence-electron chi connectivity index (χ0n) is 11.9. The van der Waals surface area contributed by atoms with E-state index >= 15 is 0 Å². The maximum atomic E-state index is 12.2. The fraction of sp³-hybridized carbons (Fsp3) is 0.267. The van der Waals surface area contributed by atoms with Crippen LogP contribution in [0.15, 0.2) is 41.3 Å².